The van der Waals surface area contributed by atoms with Gasteiger partial charge in [-0.25, -0.2) is 13.1 Å². The van der Waals surface area contributed by atoms with Crippen LogP contribution in [0.15, 0.2) is 59.5 Å². The van der Waals surface area contributed by atoms with Crippen LogP contribution >= 0.6 is 0 Å². The van der Waals surface area contributed by atoms with E-state index < -0.39 is 21.8 Å². The third-order valence-electron chi connectivity index (χ3n) is 4.81. The second-order valence-corrected chi connectivity index (χ2v) is 8.84. The second-order valence-electron chi connectivity index (χ2n) is 7.07. The van der Waals surface area contributed by atoms with Gasteiger partial charge < -0.3 is 4.90 Å². The molecule has 10 heteroatoms. The molecule has 1 aliphatic heterocycles. The topological polar surface area (TPSA) is 125 Å². The Balaban J connectivity index is 1.53. The number of hydrogen-bond donors (Lipinski definition) is 3. The SMILES string of the molecule is O=C(CCN1CCCC1=O)NNC(=O)c1cccc(S(=O)(=O)NCc2ccccc2)c1. The van der Waals surface area contributed by atoms with Crippen LogP contribution in [0.5, 0.6) is 0 Å². The maximum Gasteiger partial charge on any atom is 0.269 e. The summed E-state index contributed by atoms with van der Waals surface area (Å²) in [6, 6.07) is 14.6. The molecule has 1 heterocycles. The van der Waals surface area contributed by atoms with Gasteiger partial charge in [-0.05, 0) is 30.2 Å². The van der Waals surface area contributed by atoms with Crippen molar-refractivity contribution in [2.24, 2.45) is 0 Å². The van der Waals surface area contributed by atoms with Gasteiger partial charge in [-0.3, -0.25) is 25.2 Å². The van der Waals surface area contributed by atoms with Gasteiger partial charge in [0.2, 0.25) is 21.8 Å². The molecule has 0 aliphatic carbocycles. The van der Waals surface area contributed by atoms with E-state index in [4.69, 9.17) is 0 Å². The lowest BCUT2D eigenvalue weighted by molar-refractivity contribution is -0.128. The number of rotatable bonds is 8. The lowest BCUT2D eigenvalue weighted by Gasteiger charge is -2.15. The highest BCUT2D eigenvalue weighted by molar-refractivity contribution is 7.89. The van der Waals surface area contributed by atoms with Gasteiger partial charge in [0.1, 0.15) is 0 Å². The Bertz CT molecular complexity index is 1060. The van der Waals surface area contributed by atoms with E-state index in [0.717, 1.165) is 12.0 Å². The zero-order valence-electron chi connectivity index (χ0n) is 16.8. The molecule has 0 radical (unpaired) electrons. The van der Waals surface area contributed by atoms with Crippen LogP contribution in [0, 0.1) is 0 Å². The number of benzene rings is 2. The van der Waals surface area contributed by atoms with E-state index in [9.17, 15) is 22.8 Å². The third kappa shape index (κ3) is 6.37. The Labute approximate surface area is 180 Å². The Morgan fingerprint density at radius 3 is 2.48 bits per heavy atom. The van der Waals surface area contributed by atoms with Gasteiger partial charge in [-0.1, -0.05) is 36.4 Å². The summed E-state index contributed by atoms with van der Waals surface area (Å²) in [4.78, 5) is 37.3. The fraction of sp³-hybridized carbons (Fsp3) is 0.286. The number of nitrogens with zero attached hydrogens (tertiary/aromatic N) is 1. The van der Waals surface area contributed by atoms with Gasteiger partial charge in [-0.2, -0.15) is 0 Å². The molecule has 31 heavy (non-hydrogen) atoms. The maximum absolute atomic E-state index is 12.5. The molecule has 3 rings (SSSR count). The van der Waals surface area contributed by atoms with Crippen molar-refractivity contribution in [1.82, 2.24) is 20.5 Å². The van der Waals surface area contributed by atoms with Crippen molar-refractivity contribution in [2.75, 3.05) is 13.1 Å². The van der Waals surface area contributed by atoms with E-state index in [-0.39, 0.29) is 29.3 Å². The predicted octanol–water partition coefficient (Wildman–Crippen LogP) is 0.939. The summed E-state index contributed by atoms with van der Waals surface area (Å²) in [6.45, 7) is 1.05. The highest BCUT2D eigenvalue weighted by atomic mass is 32.2. The first-order chi connectivity index (χ1) is 14.8. The highest BCUT2D eigenvalue weighted by Crippen LogP contribution is 2.13. The van der Waals surface area contributed by atoms with E-state index in [2.05, 4.69) is 15.6 Å². The quantitative estimate of drug-likeness (QED) is 0.523. The van der Waals surface area contributed by atoms with E-state index in [1.807, 2.05) is 18.2 Å². The number of hydrazine groups is 1. The number of carbonyl (C=O) groups is 3. The lowest BCUT2D eigenvalue weighted by atomic mass is 10.2. The Hall–Kier alpha value is -3.24. The predicted molar refractivity (Wildman–Crippen MR) is 113 cm³/mol. The van der Waals surface area contributed by atoms with Crippen molar-refractivity contribution in [2.45, 2.75) is 30.7 Å². The van der Waals surface area contributed by atoms with Crippen molar-refractivity contribution >= 4 is 27.7 Å². The molecule has 1 fully saturated rings. The number of sulfonamides is 1. The normalized spacial score (nSPS) is 13.8. The summed E-state index contributed by atoms with van der Waals surface area (Å²) < 4.78 is 27.6. The number of hydrogen-bond acceptors (Lipinski definition) is 5. The first-order valence-electron chi connectivity index (χ1n) is 9.86. The van der Waals surface area contributed by atoms with Crippen LogP contribution in [-0.2, 0) is 26.2 Å². The molecule has 3 N–H and O–H groups in total. The van der Waals surface area contributed by atoms with Crippen LogP contribution in [0.4, 0.5) is 0 Å². The molecule has 1 saturated heterocycles. The summed E-state index contributed by atoms with van der Waals surface area (Å²) in [5.41, 5.74) is 5.43. The van der Waals surface area contributed by atoms with Crippen molar-refractivity contribution in [3.8, 4) is 0 Å². The maximum atomic E-state index is 12.5. The molecule has 2 aromatic rings. The fourth-order valence-electron chi connectivity index (χ4n) is 3.10. The monoisotopic (exact) mass is 444 g/mol. The van der Waals surface area contributed by atoms with Crippen LogP contribution in [0.3, 0.4) is 0 Å². The average Bonchev–Trinajstić information content (AvgIpc) is 3.20. The van der Waals surface area contributed by atoms with Crippen LogP contribution in [0.25, 0.3) is 0 Å². The first kappa shape index (κ1) is 22.4. The van der Waals surface area contributed by atoms with Crippen LogP contribution < -0.4 is 15.6 Å². The molecule has 9 nitrogen and oxygen atoms in total. The second kappa shape index (κ2) is 10.2. The Morgan fingerprint density at radius 1 is 1.00 bits per heavy atom. The molecule has 3 amide bonds. The molecule has 0 atom stereocenters. The molecule has 0 spiro atoms. The third-order valence-corrected chi connectivity index (χ3v) is 6.21. The first-order valence-corrected chi connectivity index (χ1v) is 11.3. The van der Waals surface area contributed by atoms with E-state index in [1.165, 1.54) is 24.3 Å². The summed E-state index contributed by atoms with van der Waals surface area (Å²) in [5.74, 6) is -1.07. The minimum Gasteiger partial charge on any atom is -0.342 e. The average molecular weight is 445 g/mol. The number of carbonyl (C=O) groups excluding carboxylic acids is 3. The van der Waals surface area contributed by atoms with E-state index in [1.54, 1.807) is 17.0 Å². The summed E-state index contributed by atoms with van der Waals surface area (Å²) in [7, 11) is -3.82. The van der Waals surface area contributed by atoms with Crippen molar-refractivity contribution in [1.29, 1.82) is 0 Å². The molecule has 0 unspecified atom stereocenters. The summed E-state index contributed by atoms with van der Waals surface area (Å²) in [6.07, 6.45) is 1.35. The smallest absolute Gasteiger partial charge is 0.269 e. The number of amides is 3. The zero-order valence-corrected chi connectivity index (χ0v) is 17.7. The van der Waals surface area contributed by atoms with Gasteiger partial charge in [0.25, 0.3) is 5.91 Å². The van der Waals surface area contributed by atoms with Gasteiger partial charge in [0.15, 0.2) is 0 Å². The van der Waals surface area contributed by atoms with Crippen LogP contribution in [0.1, 0.15) is 35.2 Å². The Kier molecular flexibility index (Phi) is 7.37. The van der Waals surface area contributed by atoms with Crippen molar-refractivity contribution in [3.63, 3.8) is 0 Å². The van der Waals surface area contributed by atoms with Crippen LogP contribution in [-0.4, -0.2) is 44.1 Å². The Morgan fingerprint density at radius 2 is 1.77 bits per heavy atom. The van der Waals surface area contributed by atoms with Gasteiger partial charge in [-0.15, -0.1) is 0 Å². The van der Waals surface area contributed by atoms with Crippen molar-refractivity contribution < 1.29 is 22.8 Å². The van der Waals surface area contributed by atoms with Gasteiger partial charge in [0.05, 0.1) is 4.90 Å². The van der Waals surface area contributed by atoms with Crippen LogP contribution in [0.2, 0.25) is 0 Å². The minimum absolute atomic E-state index is 0.0238. The molecule has 1 aliphatic rings. The van der Waals surface area contributed by atoms with Crippen molar-refractivity contribution in [3.05, 3.63) is 65.7 Å². The van der Waals surface area contributed by atoms with Gasteiger partial charge in [0, 0.05) is 38.0 Å². The molecule has 164 valence electrons. The standard InChI is InChI=1S/C21H24N4O5S/c26-19(11-13-25-12-5-10-20(25)27)23-24-21(28)17-8-4-9-18(14-17)31(29,30)22-15-16-6-2-1-3-7-16/h1-4,6-9,14,22H,5,10-13,15H2,(H,23,26)(H,24,28). The molecule has 0 saturated carbocycles. The molecule has 0 aromatic heterocycles. The largest absolute Gasteiger partial charge is 0.342 e. The fourth-order valence-corrected chi connectivity index (χ4v) is 4.16. The van der Waals surface area contributed by atoms with E-state index in [0.29, 0.717) is 19.5 Å². The number of likely N-dealkylation sites (tertiary alicyclic amines) is 1. The molecular weight excluding hydrogens is 420 g/mol. The highest BCUT2D eigenvalue weighted by Gasteiger charge is 2.21. The summed E-state index contributed by atoms with van der Waals surface area (Å²) in [5, 5.41) is 0. The summed E-state index contributed by atoms with van der Waals surface area (Å²) >= 11 is 0. The minimum atomic E-state index is -3.82. The van der Waals surface area contributed by atoms with E-state index >= 15 is 0 Å². The number of nitrogens with one attached hydrogen (secondary N) is 3. The molecular formula is C21H24N4O5S. The van der Waals surface area contributed by atoms with Gasteiger partial charge >= 0.3 is 0 Å². The molecule has 2 aromatic carbocycles. The zero-order chi connectivity index (χ0) is 22.3. The molecule has 0 bridgehead atoms. The lowest BCUT2D eigenvalue weighted by Crippen LogP contribution is -2.43.